The topological polar surface area (TPSA) is 46.5 Å². The van der Waals surface area contributed by atoms with E-state index >= 15 is 0 Å². The summed E-state index contributed by atoms with van der Waals surface area (Å²) in [4.78, 5) is 20.7. The van der Waals surface area contributed by atoms with Crippen LogP contribution in [0.15, 0.2) is 35.5 Å². The molecule has 13 heavy (non-hydrogen) atoms. The largest absolute Gasteiger partial charge is 0.316 e. The SMILES string of the molecule is C/C=C/c1ccc(C(=O)N=O)cc1. The van der Waals surface area contributed by atoms with Crippen LogP contribution in [-0.4, -0.2) is 5.91 Å². The number of allylic oxidation sites excluding steroid dienone is 1. The fraction of sp³-hybridized carbons (Fsp3) is 0.100. The maximum atomic E-state index is 10.8. The molecular weight excluding hydrogens is 166 g/mol. The van der Waals surface area contributed by atoms with Crippen molar-refractivity contribution in [3.63, 3.8) is 0 Å². The Kier molecular flexibility index (Phi) is 3.09. The molecule has 0 radical (unpaired) electrons. The molecule has 1 aromatic carbocycles. The van der Waals surface area contributed by atoms with Crippen LogP contribution < -0.4 is 0 Å². The highest BCUT2D eigenvalue weighted by Crippen LogP contribution is 2.07. The zero-order valence-corrected chi connectivity index (χ0v) is 7.23. The summed E-state index contributed by atoms with van der Waals surface area (Å²) in [5.41, 5.74) is 1.31. The fourth-order valence-corrected chi connectivity index (χ4v) is 0.982. The fourth-order valence-electron chi connectivity index (χ4n) is 0.982. The molecule has 1 amide bonds. The molecule has 0 N–H and O–H groups in total. The van der Waals surface area contributed by atoms with Gasteiger partial charge in [0.1, 0.15) is 0 Å². The van der Waals surface area contributed by atoms with Gasteiger partial charge in [-0.2, -0.15) is 0 Å². The normalized spacial score (nSPS) is 10.2. The van der Waals surface area contributed by atoms with E-state index in [0.717, 1.165) is 5.56 Å². The van der Waals surface area contributed by atoms with E-state index in [0.29, 0.717) is 5.56 Å². The Hall–Kier alpha value is -1.77. The van der Waals surface area contributed by atoms with Gasteiger partial charge in [0.25, 0.3) is 0 Å². The third kappa shape index (κ3) is 2.33. The predicted molar refractivity (Wildman–Crippen MR) is 51.3 cm³/mol. The summed E-state index contributed by atoms with van der Waals surface area (Å²) < 4.78 is 0. The number of hydrogen-bond acceptors (Lipinski definition) is 2. The van der Waals surface area contributed by atoms with E-state index < -0.39 is 5.91 Å². The van der Waals surface area contributed by atoms with Gasteiger partial charge in [-0.3, -0.25) is 4.79 Å². The van der Waals surface area contributed by atoms with Gasteiger partial charge in [0.05, 0.1) is 0 Å². The molecule has 0 aromatic heterocycles. The molecule has 3 heteroatoms. The van der Waals surface area contributed by atoms with Crippen molar-refractivity contribution in [1.29, 1.82) is 0 Å². The summed E-state index contributed by atoms with van der Waals surface area (Å²) in [6, 6.07) is 6.69. The highest BCUT2D eigenvalue weighted by Gasteiger charge is 2.03. The van der Waals surface area contributed by atoms with Gasteiger partial charge in [-0.15, -0.1) is 4.91 Å². The second-order valence-corrected chi connectivity index (χ2v) is 2.52. The van der Waals surface area contributed by atoms with Gasteiger partial charge in [-0.05, 0) is 24.6 Å². The standard InChI is InChI=1S/C10H9NO2/c1-2-3-8-4-6-9(7-5-8)10(12)11-13/h2-7H,1H3/b3-2+. The van der Waals surface area contributed by atoms with Crippen LogP contribution in [0.1, 0.15) is 22.8 Å². The quantitative estimate of drug-likeness (QED) is 0.648. The van der Waals surface area contributed by atoms with Crippen molar-refractivity contribution in [2.24, 2.45) is 5.18 Å². The van der Waals surface area contributed by atoms with Crippen molar-refractivity contribution in [2.45, 2.75) is 6.92 Å². The number of nitrogens with zero attached hydrogens (tertiary/aromatic N) is 1. The maximum absolute atomic E-state index is 10.8. The monoisotopic (exact) mass is 175 g/mol. The molecule has 3 nitrogen and oxygen atoms in total. The molecule has 66 valence electrons. The van der Waals surface area contributed by atoms with Gasteiger partial charge in [0, 0.05) is 10.7 Å². The Morgan fingerprint density at radius 3 is 2.38 bits per heavy atom. The Bertz CT molecular complexity index is 338. The number of hydrogen-bond donors (Lipinski definition) is 0. The summed E-state index contributed by atoms with van der Waals surface area (Å²) in [5, 5.41) is 2.33. The zero-order valence-electron chi connectivity index (χ0n) is 7.23. The van der Waals surface area contributed by atoms with Crippen LogP contribution >= 0.6 is 0 Å². The number of benzene rings is 1. The maximum Gasteiger partial charge on any atom is 0.316 e. The first-order chi connectivity index (χ1) is 6.27. The summed E-state index contributed by atoms with van der Waals surface area (Å²) in [6.45, 7) is 1.91. The molecule has 0 saturated heterocycles. The smallest absolute Gasteiger partial charge is 0.263 e. The van der Waals surface area contributed by atoms with Crippen molar-refractivity contribution in [3.05, 3.63) is 46.4 Å². The zero-order chi connectivity index (χ0) is 9.68. The third-order valence-electron chi connectivity index (χ3n) is 1.60. The number of amides is 1. The Morgan fingerprint density at radius 1 is 1.31 bits per heavy atom. The molecule has 0 aliphatic carbocycles. The van der Waals surface area contributed by atoms with E-state index in [4.69, 9.17) is 0 Å². The first kappa shape index (κ1) is 9.32. The highest BCUT2D eigenvalue weighted by molar-refractivity contribution is 5.94. The van der Waals surface area contributed by atoms with Gasteiger partial charge < -0.3 is 0 Å². The molecule has 0 heterocycles. The van der Waals surface area contributed by atoms with Crippen LogP contribution in [0.5, 0.6) is 0 Å². The second-order valence-electron chi connectivity index (χ2n) is 2.52. The van der Waals surface area contributed by atoms with Crippen LogP contribution in [-0.2, 0) is 0 Å². The van der Waals surface area contributed by atoms with Gasteiger partial charge in [0.15, 0.2) is 0 Å². The minimum Gasteiger partial charge on any atom is -0.263 e. The number of rotatable bonds is 2. The summed E-state index contributed by atoms with van der Waals surface area (Å²) in [6.07, 6.45) is 3.80. The minimum atomic E-state index is -0.730. The van der Waals surface area contributed by atoms with Crippen molar-refractivity contribution >= 4 is 12.0 Å². The lowest BCUT2D eigenvalue weighted by molar-refractivity contribution is 0.100. The van der Waals surface area contributed by atoms with E-state index in [1.54, 1.807) is 24.3 Å². The molecule has 0 aliphatic heterocycles. The summed E-state index contributed by atoms with van der Waals surface area (Å²) in [7, 11) is 0. The van der Waals surface area contributed by atoms with E-state index in [9.17, 15) is 9.70 Å². The van der Waals surface area contributed by atoms with Gasteiger partial charge in [-0.1, -0.05) is 24.3 Å². The average molecular weight is 175 g/mol. The van der Waals surface area contributed by atoms with Crippen LogP contribution in [0, 0.1) is 4.91 Å². The van der Waals surface area contributed by atoms with E-state index in [2.05, 4.69) is 5.18 Å². The van der Waals surface area contributed by atoms with E-state index in [-0.39, 0.29) is 0 Å². The van der Waals surface area contributed by atoms with Gasteiger partial charge >= 0.3 is 5.91 Å². The Balaban J connectivity index is 2.93. The van der Waals surface area contributed by atoms with E-state index in [1.807, 2.05) is 19.1 Å². The van der Waals surface area contributed by atoms with Crippen LogP contribution in [0.25, 0.3) is 6.08 Å². The van der Waals surface area contributed by atoms with Crippen molar-refractivity contribution in [3.8, 4) is 0 Å². The minimum absolute atomic E-state index is 0.322. The molecule has 0 fully saturated rings. The van der Waals surface area contributed by atoms with Crippen molar-refractivity contribution < 1.29 is 4.79 Å². The first-order valence-electron chi connectivity index (χ1n) is 3.88. The number of nitroso groups, excluding NO2 is 1. The van der Waals surface area contributed by atoms with Crippen LogP contribution in [0.3, 0.4) is 0 Å². The highest BCUT2D eigenvalue weighted by atomic mass is 16.3. The molecule has 0 bridgehead atoms. The lowest BCUT2D eigenvalue weighted by Crippen LogP contribution is -1.92. The van der Waals surface area contributed by atoms with Gasteiger partial charge in [-0.25, -0.2) is 0 Å². The Morgan fingerprint density at radius 2 is 1.92 bits per heavy atom. The molecule has 1 rings (SSSR count). The first-order valence-corrected chi connectivity index (χ1v) is 3.88. The van der Waals surface area contributed by atoms with Crippen molar-refractivity contribution in [1.82, 2.24) is 0 Å². The number of carbonyl (C=O) groups is 1. The molecule has 0 atom stereocenters. The molecular formula is C10H9NO2. The molecule has 0 saturated carbocycles. The lowest BCUT2D eigenvalue weighted by atomic mass is 10.1. The molecule has 0 aliphatic rings. The predicted octanol–water partition coefficient (Wildman–Crippen LogP) is 2.63. The van der Waals surface area contributed by atoms with E-state index in [1.165, 1.54) is 0 Å². The van der Waals surface area contributed by atoms with Gasteiger partial charge in [0.2, 0.25) is 0 Å². The second kappa shape index (κ2) is 4.30. The lowest BCUT2D eigenvalue weighted by Gasteiger charge is -1.94. The number of carbonyl (C=O) groups excluding carboxylic acids is 1. The third-order valence-corrected chi connectivity index (χ3v) is 1.60. The molecule has 0 unspecified atom stereocenters. The molecule has 0 spiro atoms. The van der Waals surface area contributed by atoms with Crippen LogP contribution in [0.2, 0.25) is 0 Å². The Labute approximate surface area is 76.1 Å². The summed E-state index contributed by atoms with van der Waals surface area (Å²) >= 11 is 0. The van der Waals surface area contributed by atoms with Crippen molar-refractivity contribution in [2.75, 3.05) is 0 Å². The van der Waals surface area contributed by atoms with Crippen LogP contribution in [0.4, 0.5) is 0 Å². The average Bonchev–Trinajstić information content (AvgIpc) is 2.18. The summed E-state index contributed by atoms with van der Waals surface area (Å²) in [5.74, 6) is -0.730. The molecule has 1 aromatic rings.